The van der Waals surface area contributed by atoms with Gasteiger partial charge in [-0.3, -0.25) is 0 Å². The molecule has 4 heteroatoms. The van der Waals surface area contributed by atoms with Gasteiger partial charge >= 0.3 is 6.18 Å². The molecule has 0 bridgehead atoms. The molecule has 0 unspecified atom stereocenters. The molecular formula is C18H18ClF3. The number of hydrogen-bond donors (Lipinski definition) is 0. The van der Waals surface area contributed by atoms with E-state index in [0.29, 0.717) is 11.1 Å². The fraction of sp³-hybridized carbons (Fsp3) is 0.333. The van der Waals surface area contributed by atoms with Crippen LogP contribution in [0.4, 0.5) is 13.2 Å². The second kappa shape index (κ2) is 5.62. The lowest BCUT2D eigenvalue weighted by Gasteiger charge is -2.20. The van der Waals surface area contributed by atoms with Crippen LogP contribution in [0.25, 0.3) is 11.1 Å². The minimum Gasteiger partial charge on any atom is -0.166 e. The molecule has 0 aliphatic heterocycles. The smallest absolute Gasteiger partial charge is 0.166 e. The standard InChI is InChI=1S/C18H18ClF3/c1-11-9-14(18(20,21)22)16(15(19)10-11)12-5-7-13(8-6-12)17(2,3)4/h5-10H,1-4H3. The highest BCUT2D eigenvalue weighted by Gasteiger charge is 2.35. The summed E-state index contributed by atoms with van der Waals surface area (Å²) in [5.41, 5.74) is 1.33. The highest BCUT2D eigenvalue weighted by atomic mass is 35.5. The average Bonchev–Trinajstić information content (AvgIpc) is 2.36. The van der Waals surface area contributed by atoms with Gasteiger partial charge in [-0.05, 0) is 41.2 Å². The first-order chi connectivity index (χ1) is 10.00. The Kier molecular flexibility index (Phi) is 4.31. The van der Waals surface area contributed by atoms with Crippen LogP contribution in [0.5, 0.6) is 0 Å². The van der Waals surface area contributed by atoms with Crippen LogP contribution in [-0.4, -0.2) is 0 Å². The molecule has 0 radical (unpaired) electrons. The van der Waals surface area contributed by atoms with Gasteiger partial charge < -0.3 is 0 Å². The zero-order valence-electron chi connectivity index (χ0n) is 13.0. The van der Waals surface area contributed by atoms with E-state index >= 15 is 0 Å². The Bertz CT molecular complexity index is 677. The number of alkyl halides is 3. The van der Waals surface area contributed by atoms with E-state index in [2.05, 4.69) is 20.8 Å². The van der Waals surface area contributed by atoms with Gasteiger partial charge in [0.1, 0.15) is 0 Å². The molecule has 0 aromatic heterocycles. The average molecular weight is 327 g/mol. The Hall–Kier alpha value is -1.48. The van der Waals surface area contributed by atoms with E-state index in [1.165, 1.54) is 0 Å². The van der Waals surface area contributed by atoms with Gasteiger partial charge in [-0.2, -0.15) is 13.2 Å². The number of hydrogen-bond acceptors (Lipinski definition) is 0. The predicted octanol–water partition coefficient (Wildman–Crippen LogP) is 6.63. The second-order valence-electron chi connectivity index (χ2n) is 6.49. The van der Waals surface area contributed by atoms with Crippen LogP contribution in [0.15, 0.2) is 36.4 Å². The van der Waals surface area contributed by atoms with E-state index in [1.807, 2.05) is 12.1 Å². The minimum absolute atomic E-state index is 0.0419. The lowest BCUT2D eigenvalue weighted by atomic mass is 9.86. The number of benzene rings is 2. The Morgan fingerprint density at radius 3 is 1.91 bits per heavy atom. The zero-order valence-corrected chi connectivity index (χ0v) is 13.7. The van der Waals surface area contributed by atoms with Gasteiger partial charge in [-0.15, -0.1) is 0 Å². The van der Waals surface area contributed by atoms with E-state index in [1.54, 1.807) is 25.1 Å². The summed E-state index contributed by atoms with van der Waals surface area (Å²) in [6.45, 7) is 7.78. The lowest BCUT2D eigenvalue weighted by Crippen LogP contribution is -2.11. The first kappa shape index (κ1) is 16.9. The summed E-state index contributed by atoms with van der Waals surface area (Å²) in [7, 11) is 0. The first-order valence-corrected chi connectivity index (χ1v) is 7.36. The number of aryl methyl sites for hydroxylation is 1. The maximum absolute atomic E-state index is 13.3. The largest absolute Gasteiger partial charge is 0.417 e. The highest BCUT2D eigenvalue weighted by molar-refractivity contribution is 6.33. The Morgan fingerprint density at radius 1 is 0.909 bits per heavy atom. The number of rotatable bonds is 1. The molecule has 0 atom stereocenters. The summed E-state index contributed by atoms with van der Waals surface area (Å²) < 4.78 is 39.9. The van der Waals surface area contributed by atoms with Crippen molar-refractivity contribution in [1.29, 1.82) is 0 Å². The molecule has 118 valence electrons. The van der Waals surface area contributed by atoms with Crippen molar-refractivity contribution in [2.24, 2.45) is 0 Å². The van der Waals surface area contributed by atoms with Crippen LogP contribution in [-0.2, 0) is 11.6 Å². The van der Waals surface area contributed by atoms with Gasteiger partial charge in [-0.25, -0.2) is 0 Å². The Labute approximate surface area is 133 Å². The molecule has 0 saturated heterocycles. The molecule has 0 saturated carbocycles. The van der Waals surface area contributed by atoms with E-state index in [4.69, 9.17) is 11.6 Å². The summed E-state index contributed by atoms with van der Waals surface area (Å²) in [5, 5.41) is 0.121. The maximum Gasteiger partial charge on any atom is 0.417 e. The fourth-order valence-corrected chi connectivity index (χ4v) is 2.78. The molecule has 0 heterocycles. The van der Waals surface area contributed by atoms with Crippen LogP contribution < -0.4 is 0 Å². The predicted molar refractivity (Wildman–Crippen MR) is 85.3 cm³/mol. The van der Waals surface area contributed by atoms with Crippen molar-refractivity contribution in [2.45, 2.75) is 39.3 Å². The van der Waals surface area contributed by atoms with Crippen molar-refractivity contribution >= 4 is 11.6 Å². The van der Waals surface area contributed by atoms with E-state index in [-0.39, 0.29) is 16.0 Å². The van der Waals surface area contributed by atoms with Crippen molar-refractivity contribution in [1.82, 2.24) is 0 Å². The van der Waals surface area contributed by atoms with E-state index < -0.39 is 11.7 Å². The molecule has 22 heavy (non-hydrogen) atoms. The fourth-order valence-electron chi connectivity index (χ4n) is 2.40. The van der Waals surface area contributed by atoms with Gasteiger partial charge in [0, 0.05) is 10.6 Å². The lowest BCUT2D eigenvalue weighted by molar-refractivity contribution is -0.137. The van der Waals surface area contributed by atoms with Gasteiger partial charge in [-0.1, -0.05) is 56.6 Å². The molecule has 0 N–H and O–H groups in total. The SMILES string of the molecule is Cc1cc(Cl)c(-c2ccc(C(C)(C)C)cc2)c(C(F)(F)F)c1. The Morgan fingerprint density at radius 2 is 1.45 bits per heavy atom. The molecule has 0 amide bonds. The van der Waals surface area contributed by atoms with Crippen molar-refractivity contribution in [2.75, 3.05) is 0 Å². The first-order valence-electron chi connectivity index (χ1n) is 6.98. The molecule has 2 aromatic carbocycles. The van der Waals surface area contributed by atoms with Crippen molar-refractivity contribution in [3.63, 3.8) is 0 Å². The van der Waals surface area contributed by atoms with Gasteiger partial charge in [0.25, 0.3) is 0 Å². The molecule has 0 nitrogen and oxygen atoms in total. The van der Waals surface area contributed by atoms with Crippen LogP contribution in [0.3, 0.4) is 0 Å². The molecule has 0 fully saturated rings. The monoisotopic (exact) mass is 326 g/mol. The van der Waals surface area contributed by atoms with Crippen LogP contribution >= 0.6 is 11.6 Å². The minimum atomic E-state index is -4.44. The van der Waals surface area contributed by atoms with E-state index in [0.717, 1.165) is 11.6 Å². The van der Waals surface area contributed by atoms with Crippen molar-refractivity contribution in [3.8, 4) is 11.1 Å². The van der Waals surface area contributed by atoms with Crippen molar-refractivity contribution in [3.05, 3.63) is 58.1 Å². The quantitative estimate of drug-likeness (QED) is 0.551. The number of halogens is 4. The molecular weight excluding hydrogens is 309 g/mol. The highest BCUT2D eigenvalue weighted by Crippen LogP contribution is 2.42. The van der Waals surface area contributed by atoms with E-state index in [9.17, 15) is 13.2 Å². The molecule has 2 aromatic rings. The maximum atomic E-state index is 13.3. The Balaban J connectivity index is 2.62. The van der Waals surface area contributed by atoms with Gasteiger partial charge in [0.2, 0.25) is 0 Å². The molecule has 0 aliphatic carbocycles. The zero-order chi connectivity index (χ0) is 16.7. The summed E-state index contributed by atoms with van der Waals surface area (Å²) >= 11 is 6.10. The summed E-state index contributed by atoms with van der Waals surface area (Å²) in [5.74, 6) is 0. The van der Waals surface area contributed by atoms with Gasteiger partial charge in [0.15, 0.2) is 0 Å². The van der Waals surface area contributed by atoms with Crippen molar-refractivity contribution < 1.29 is 13.2 Å². The summed E-state index contributed by atoms with van der Waals surface area (Å²) in [6.07, 6.45) is -4.44. The summed E-state index contributed by atoms with van der Waals surface area (Å²) in [4.78, 5) is 0. The second-order valence-corrected chi connectivity index (χ2v) is 6.90. The third kappa shape index (κ3) is 3.46. The van der Waals surface area contributed by atoms with Crippen LogP contribution in [0.1, 0.15) is 37.5 Å². The summed E-state index contributed by atoms with van der Waals surface area (Å²) in [6, 6.07) is 9.80. The third-order valence-electron chi connectivity index (χ3n) is 3.58. The topological polar surface area (TPSA) is 0 Å². The van der Waals surface area contributed by atoms with Crippen LogP contribution in [0.2, 0.25) is 5.02 Å². The molecule has 0 spiro atoms. The van der Waals surface area contributed by atoms with Gasteiger partial charge in [0.05, 0.1) is 5.56 Å². The molecule has 0 aliphatic rings. The third-order valence-corrected chi connectivity index (χ3v) is 3.88. The normalized spacial score (nSPS) is 12.5. The molecule has 2 rings (SSSR count). The van der Waals surface area contributed by atoms with Crippen LogP contribution in [0, 0.1) is 6.92 Å².